The number of benzene rings is 2. The Morgan fingerprint density at radius 1 is 0.615 bits per heavy atom. The molecule has 0 N–H and O–H groups in total. The predicted octanol–water partition coefficient (Wildman–Crippen LogP) is 5.53. The Labute approximate surface area is 149 Å². The number of aromatic nitrogens is 3. The van der Waals surface area contributed by atoms with E-state index in [4.69, 9.17) is 0 Å². The molecule has 3 nitrogen and oxygen atoms in total. The summed E-state index contributed by atoms with van der Waals surface area (Å²) in [6, 6.07) is 18.8. The lowest BCUT2D eigenvalue weighted by Crippen LogP contribution is -2.04. The monoisotopic (exact) mass is 347 g/mol. The lowest BCUT2D eigenvalue weighted by Gasteiger charge is -2.12. The van der Waals surface area contributed by atoms with E-state index in [2.05, 4.69) is 15.0 Å². The Hall–Kier alpha value is -3.21. The van der Waals surface area contributed by atoms with Gasteiger partial charge in [0.15, 0.2) is 17.5 Å². The quantitative estimate of drug-likeness (QED) is 0.625. The van der Waals surface area contributed by atoms with Crippen molar-refractivity contribution in [2.75, 3.05) is 0 Å². The van der Waals surface area contributed by atoms with Gasteiger partial charge in [-0.2, -0.15) is 0 Å². The molecule has 0 unspecified atom stereocenters. The van der Waals surface area contributed by atoms with Gasteiger partial charge in [0.2, 0.25) is 0 Å². The fraction of sp³-hybridized carbons (Fsp3) is 0.0952. The van der Waals surface area contributed by atoms with E-state index in [9.17, 15) is 8.78 Å². The molecule has 3 aromatic rings. The van der Waals surface area contributed by atoms with Crippen molar-refractivity contribution >= 4 is 5.57 Å². The Kier molecular flexibility index (Phi) is 4.35. The largest absolute Gasteiger partial charge is 0.212 e. The highest BCUT2D eigenvalue weighted by Crippen LogP contribution is 2.32. The van der Waals surface area contributed by atoms with Crippen molar-refractivity contribution in [3.8, 4) is 22.8 Å². The summed E-state index contributed by atoms with van der Waals surface area (Å²) >= 11 is 0. The zero-order chi connectivity index (χ0) is 17.9. The van der Waals surface area contributed by atoms with Crippen molar-refractivity contribution in [2.24, 2.45) is 0 Å². The molecule has 0 bridgehead atoms. The van der Waals surface area contributed by atoms with Crippen LogP contribution in [0.4, 0.5) is 8.78 Å². The summed E-state index contributed by atoms with van der Waals surface area (Å²) in [6.45, 7) is 0. The second-order valence-electron chi connectivity index (χ2n) is 5.95. The fourth-order valence-corrected chi connectivity index (χ4v) is 2.79. The molecule has 0 fully saturated rings. The van der Waals surface area contributed by atoms with Crippen LogP contribution in [0.1, 0.15) is 18.7 Å². The molecule has 0 radical (unpaired) electrons. The first kappa shape index (κ1) is 16.3. The molecule has 1 aromatic heterocycles. The summed E-state index contributed by atoms with van der Waals surface area (Å²) in [7, 11) is 0. The minimum Gasteiger partial charge on any atom is -0.212 e. The first-order chi connectivity index (χ1) is 12.7. The first-order valence-electron chi connectivity index (χ1n) is 8.33. The topological polar surface area (TPSA) is 38.7 Å². The van der Waals surface area contributed by atoms with Gasteiger partial charge in [-0.15, -0.1) is 0 Å². The Balaban J connectivity index is 1.92. The van der Waals surface area contributed by atoms with Gasteiger partial charge in [-0.1, -0.05) is 60.7 Å². The van der Waals surface area contributed by atoms with Crippen LogP contribution in [0.3, 0.4) is 0 Å². The Morgan fingerprint density at radius 2 is 1.12 bits per heavy atom. The maximum Gasteiger partial charge on any atom is 0.166 e. The zero-order valence-electron chi connectivity index (χ0n) is 13.9. The fourth-order valence-electron chi connectivity index (χ4n) is 2.79. The van der Waals surface area contributed by atoms with Crippen LogP contribution in [0, 0.1) is 0 Å². The average molecular weight is 347 g/mol. The van der Waals surface area contributed by atoms with Gasteiger partial charge in [0.1, 0.15) is 11.7 Å². The Morgan fingerprint density at radius 3 is 1.65 bits per heavy atom. The molecule has 1 aliphatic rings. The van der Waals surface area contributed by atoms with Gasteiger partial charge in [0, 0.05) is 24.0 Å². The molecule has 128 valence electrons. The number of nitrogens with zero attached hydrogens (tertiary/aromatic N) is 3. The van der Waals surface area contributed by atoms with Crippen molar-refractivity contribution in [1.29, 1.82) is 0 Å². The highest BCUT2D eigenvalue weighted by atomic mass is 19.1. The van der Waals surface area contributed by atoms with E-state index >= 15 is 0 Å². The SMILES string of the molecule is FC1=CC(c2nc(-c3ccccc3)nc(-c3ccccc3)n2)=C(F)CC1. The number of halogens is 2. The standard InChI is InChI=1S/C21H15F2N3/c22-16-11-12-18(23)17(13-16)21-25-19(14-7-3-1-4-8-14)24-20(26-21)15-9-5-2-6-10-15/h1-10,13H,11-12H2. The molecule has 0 amide bonds. The first-order valence-corrected chi connectivity index (χ1v) is 8.33. The molecule has 2 aromatic carbocycles. The van der Waals surface area contributed by atoms with Crippen LogP contribution in [0.2, 0.25) is 0 Å². The van der Waals surface area contributed by atoms with Gasteiger partial charge < -0.3 is 0 Å². The van der Waals surface area contributed by atoms with Gasteiger partial charge in [0.05, 0.1) is 5.57 Å². The number of allylic oxidation sites excluding steroid dienone is 4. The Bertz CT molecular complexity index is 939. The summed E-state index contributed by atoms with van der Waals surface area (Å²) in [6.07, 6.45) is 1.26. The minimum absolute atomic E-state index is 0.0185. The van der Waals surface area contributed by atoms with E-state index in [1.165, 1.54) is 6.08 Å². The normalized spacial score (nSPS) is 14.3. The second-order valence-corrected chi connectivity index (χ2v) is 5.95. The summed E-state index contributed by atoms with van der Waals surface area (Å²) in [5, 5.41) is 0. The third-order valence-corrected chi connectivity index (χ3v) is 4.12. The van der Waals surface area contributed by atoms with Crippen LogP contribution >= 0.6 is 0 Å². The molecule has 1 heterocycles. The van der Waals surface area contributed by atoms with E-state index in [0.29, 0.717) is 11.6 Å². The molecule has 0 saturated heterocycles. The smallest absolute Gasteiger partial charge is 0.166 e. The van der Waals surface area contributed by atoms with Crippen molar-refractivity contribution in [1.82, 2.24) is 15.0 Å². The molecular weight excluding hydrogens is 332 g/mol. The van der Waals surface area contributed by atoms with Gasteiger partial charge in [-0.25, -0.2) is 23.7 Å². The zero-order valence-corrected chi connectivity index (χ0v) is 13.9. The molecule has 4 rings (SSSR count). The van der Waals surface area contributed by atoms with Crippen LogP contribution in [-0.4, -0.2) is 15.0 Å². The van der Waals surface area contributed by atoms with E-state index in [-0.39, 0.29) is 30.1 Å². The van der Waals surface area contributed by atoms with Crippen LogP contribution < -0.4 is 0 Å². The van der Waals surface area contributed by atoms with Crippen molar-refractivity contribution in [2.45, 2.75) is 12.8 Å². The van der Waals surface area contributed by atoms with Crippen molar-refractivity contribution < 1.29 is 8.78 Å². The molecule has 5 heteroatoms. The van der Waals surface area contributed by atoms with Crippen LogP contribution in [0.25, 0.3) is 28.3 Å². The van der Waals surface area contributed by atoms with Gasteiger partial charge in [-0.05, 0) is 6.08 Å². The van der Waals surface area contributed by atoms with Crippen LogP contribution in [0.15, 0.2) is 78.4 Å². The van der Waals surface area contributed by atoms with E-state index < -0.39 is 5.83 Å². The van der Waals surface area contributed by atoms with Crippen molar-refractivity contribution in [3.63, 3.8) is 0 Å². The molecule has 1 aliphatic carbocycles. The molecule has 26 heavy (non-hydrogen) atoms. The lowest BCUT2D eigenvalue weighted by molar-refractivity contribution is 0.528. The second kappa shape index (κ2) is 6.96. The minimum atomic E-state index is -0.407. The van der Waals surface area contributed by atoms with Crippen LogP contribution in [0.5, 0.6) is 0 Å². The predicted molar refractivity (Wildman–Crippen MR) is 97.2 cm³/mol. The average Bonchev–Trinajstić information content (AvgIpc) is 2.71. The molecule has 0 aliphatic heterocycles. The van der Waals surface area contributed by atoms with E-state index in [0.717, 1.165) is 11.1 Å². The maximum atomic E-state index is 14.3. The van der Waals surface area contributed by atoms with E-state index in [1.807, 2.05) is 60.7 Å². The van der Waals surface area contributed by atoms with Gasteiger partial charge in [0.25, 0.3) is 0 Å². The summed E-state index contributed by atoms with van der Waals surface area (Å²) in [5.74, 6) is 0.216. The maximum absolute atomic E-state index is 14.3. The highest BCUT2D eigenvalue weighted by Gasteiger charge is 2.19. The number of hydrogen-bond donors (Lipinski definition) is 0. The van der Waals surface area contributed by atoms with Crippen molar-refractivity contribution in [3.05, 3.63) is 84.2 Å². The molecule has 0 spiro atoms. The summed E-state index contributed by atoms with van der Waals surface area (Å²) in [5.41, 5.74) is 1.66. The number of hydrogen-bond acceptors (Lipinski definition) is 3. The van der Waals surface area contributed by atoms with E-state index in [1.54, 1.807) is 0 Å². The van der Waals surface area contributed by atoms with Gasteiger partial charge >= 0.3 is 0 Å². The molecule has 0 saturated carbocycles. The summed E-state index contributed by atoms with van der Waals surface area (Å²) in [4.78, 5) is 13.3. The molecular formula is C21H15F2N3. The molecule has 0 atom stereocenters. The summed E-state index contributed by atoms with van der Waals surface area (Å²) < 4.78 is 28.1. The van der Waals surface area contributed by atoms with Gasteiger partial charge in [-0.3, -0.25) is 0 Å². The van der Waals surface area contributed by atoms with Crippen LogP contribution in [-0.2, 0) is 0 Å². The third kappa shape index (κ3) is 3.28. The highest BCUT2D eigenvalue weighted by molar-refractivity contribution is 5.75. The third-order valence-electron chi connectivity index (χ3n) is 4.12. The lowest BCUT2D eigenvalue weighted by atomic mass is 10.0. The number of rotatable bonds is 3.